The Morgan fingerprint density at radius 3 is 2.42 bits per heavy atom. The predicted molar refractivity (Wildman–Crippen MR) is 99.1 cm³/mol. The van der Waals surface area contributed by atoms with Crippen LogP contribution < -0.4 is 10.6 Å². The van der Waals surface area contributed by atoms with Gasteiger partial charge in [-0.3, -0.25) is 9.78 Å². The van der Waals surface area contributed by atoms with Crippen LogP contribution >= 0.6 is 0 Å². The average molecular weight is 326 g/mol. The standard InChI is InChI=1S/C19H26N4O/c1-13-10-14(2)18(15(3)11-13)22-16-6-7-20-17(12-16)19(24)21-8-9-23(4)5/h6-7,10-12H,8-9H2,1-5H3,(H,20,22)(H,21,24). The predicted octanol–water partition coefficient (Wildman–Crippen LogP) is 3.04. The van der Waals surface area contributed by atoms with Crippen LogP contribution in [0.25, 0.3) is 0 Å². The van der Waals surface area contributed by atoms with E-state index >= 15 is 0 Å². The summed E-state index contributed by atoms with van der Waals surface area (Å²) >= 11 is 0. The van der Waals surface area contributed by atoms with Crippen LogP contribution in [0.2, 0.25) is 0 Å². The molecule has 2 aromatic rings. The van der Waals surface area contributed by atoms with Gasteiger partial charge >= 0.3 is 0 Å². The van der Waals surface area contributed by atoms with Gasteiger partial charge < -0.3 is 15.5 Å². The third-order valence-corrected chi connectivity index (χ3v) is 3.78. The number of amides is 1. The summed E-state index contributed by atoms with van der Waals surface area (Å²) in [6, 6.07) is 7.94. The van der Waals surface area contributed by atoms with E-state index in [1.54, 1.807) is 12.3 Å². The van der Waals surface area contributed by atoms with Crippen molar-refractivity contribution in [3.63, 3.8) is 0 Å². The number of aryl methyl sites for hydroxylation is 3. The summed E-state index contributed by atoms with van der Waals surface area (Å²) in [5, 5.41) is 6.29. The van der Waals surface area contributed by atoms with E-state index in [-0.39, 0.29) is 5.91 Å². The van der Waals surface area contributed by atoms with E-state index in [9.17, 15) is 4.79 Å². The number of likely N-dealkylation sites (N-methyl/N-ethyl adjacent to an activating group) is 1. The molecule has 0 unspecified atom stereocenters. The highest BCUT2D eigenvalue weighted by Gasteiger charge is 2.09. The number of nitrogens with zero attached hydrogens (tertiary/aromatic N) is 2. The van der Waals surface area contributed by atoms with Crippen LogP contribution in [0.4, 0.5) is 11.4 Å². The summed E-state index contributed by atoms with van der Waals surface area (Å²) < 4.78 is 0. The molecule has 24 heavy (non-hydrogen) atoms. The molecule has 0 bridgehead atoms. The number of aromatic nitrogens is 1. The Bertz CT molecular complexity index is 702. The summed E-state index contributed by atoms with van der Waals surface area (Å²) in [5.74, 6) is -0.155. The van der Waals surface area contributed by atoms with Gasteiger partial charge in [-0.2, -0.15) is 0 Å². The molecule has 0 radical (unpaired) electrons. The fourth-order valence-corrected chi connectivity index (χ4v) is 2.64. The maximum atomic E-state index is 12.2. The minimum Gasteiger partial charge on any atom is -0.355 e. The van der Waals surface area contributed by atoms with Crippen LogP contribution in [0.3, 0.4) is 0 Å². The highest BCUT2D eigenvalue weighted by atomic mass is 16.1. The van der Waals surface area contributed by atoms with E-state index in [1.165, 1.54) is 16.7 Å². The molecule has 0 spiro atoms. The third-order valence-electron chi connectivity index (χ3n) is 3.78. The van der Waals surface area contributed by atoms with Gasteiger partial charge in [0.05, 0.1) is 0 Å². The zero-order chi connectivity index (χ0) is 17.7. The first-order valence-electron chi connectivity index (χ1n) is 8.10. The molecule has 0 aliphatic heterocycles. The van der Waals surface area contributed by atoms with Crippen LogP contribution in [0.15, 0.2) is 30.5 Å². The molecule has 0 aliphatic rings. The van der Waals surface area contributed by atoms with Gasteiger partial charge in [0.15, 0.2) is 0 Å². The average Bonchev–Trinajstić information content (AvgIpc) is 2.50. The molecule has 0 saturated heterocycles. The molecule has 0 aliphatic carbocycles. The van der Waals surface area contributed by atoms with E-state index in [2.05, 4.69) is 48.5 Å². The number of benzene rings is 1. The van der Waals surface area contributed by atoms with Crippen LogP contribution in [0, 0.1) is 20.8 Å². The molecule has 0 fully saturated rings. The Labute approximate surface area is 144 Å². The monoisotopic (exact) mass is 326 g/mol. The van der Waals surface area contributed by atoms with Gasteiger partial charge in [-0.15, -0.1) is 0 Å². The highest BCUT2D eigenvalue weighted by Crippen LogP contribution is 2.25. The van der Waals surface area contributed by atoms with Crippen LogP contribution in [0.5, 0.6) is 0 Å². The number of carbonyl (C=O) groups excluding carboxylic acids is 1. The lowest BCUT2D eigenvalue weighted by molar-refractivity contribution is 0.0946. The molecule has 2 N–H and O–H groups in total. The molecule has 5 nitrogen and oxygen atoms in total. The van der Waals surface area contributed by atoms with Crippen molar-refractivity contribution in [1.29, 1.82) is 0 Å². The van der Waals surface area contributed by atoms with Gasteiger partial charge in [0.1, 0.15) is 5.69 Å². The van der Waals surface area contributed by atoms with Gasteiger partial charge in [0, 0.05) is 30.7 Å². The number of pyridine rings is 1. The summed E-state index contributed by atoms with van der Waals surface area (Å²) in [4.78, 5) is 18.4. The summed E-state index contributed by atoms with van der Waals surface area (Å²) in [7, 11) is 3.95. The van der Waals surface area contributed by atoms with Crippen molar-refractivity contribution in [1.82, 2.24) is 15.2 Å². The molecule has 1 aromatic heterocycles. The van der Waals surface area contributed by atoms with Gasteiger partial charge in [-0.25, -0.2) is 0 Å². The van der Waals surface area contributed by atoms with Crippen molar-refractivity contribution in [3.05, 3.63) is 52.8 Å². The fourth-order valence-electron chi connectivity index (χ4n) is 2.64. The second kappa shape index (κ2) is 7.93. The Kier molecular flexibility index (Phi) is 5.93. The van der Waals surface area contributed by atoms with E-state index in [0.717, 1.165) is 17.9 Å². The second-order valence-corrected chi connectivity index (χ2v) is 6.39. The number of hydrogen-bond donors (Lipinski definition) is 2. The van der Waals surface area contributed by atoms with Crippen LogP contribution in [-0.4, -0.2) is 43.0 Å². The molecular formula is C19H26N4O. The maximum Gasteiger partial charge on any atom is 0.269 e. The number of rotatable bonds is 6. The van der Waals surface area contributed by atoms with Crippen molar-refractivity contribution in [3.8, 4) is 0 Å². The van der Waals surface area contributed by atoms with Crippen molar-refractivity contribution in [2.24, 2.45) is 0 Å². The Balaban J connectivity index is 2.12. The maximum absolute atomic E-state index is 12.2. The van der Waals surface area contributed by atoms with Crippen molar-refractivity contribution in [2.75, 3.05) is 32.5 Å². The van der Waals surface area contributed by atoms with Crippen molar-refractivity contribution >= 4 is 17.3 Å². The normalized spacial score (nSPS) is 10.8. The lowest BCUT2D eigenvalue weighted by atomic mass is 10.0. The largest absolute Gasteiger partial charge is 0.355 e. The number of anilines is 2. The zero-order valence-corrected chi connectivity index (χ0v) is 15.1. The number of carbonyl (C=O) groups is 1. The molecule has 5 heteroatoms. The Morgan fingerprint density at radius 1 is 1.12 bits per heavy atom. The minimum absolute atomic E-state index is 0.155. The summed E-state index contributed by atoms with van der Waals surface area (Å²) in [6.45, 7) is 7.65. The molecule has 0 atom stereocenters. The Hall–Kier alpha value is -2.40. The quantitative estimate of drug-likeness (QED) is 0.857. The van der Waals surface area contributed by atoms with E-state index < -0.39 is 0 Å². The van der Waals surface area contributed by atoms with E-state index in [4.69, 9.17) is 0 Å². The topological polar surface area (TPSA) is 57.3 Å². The Morgan fingerprint density at radius 2 is 1.79 bits per heavy atom. The molecule has 1 heterocycles. The molecule has 2 rings (SSSR count). The zero-order valence-electron chi connectivity index (χ0n) is 15.1. The van der Waals surface area contributed by atoms with Crippen LogP contribution in [-0.2, 0) is 0 Å². The van der Waals surface area contributed by atoms with Gasteiger partial charge in [0.2, 0.25) is 0 Å². The van der Waals surface area contributed by atoms with Gasteiger partial charge in [-0.1, -0.05) is 17.7 Å². The summed E-state index contributed by atoms with van der Waals surface area (Å²) in [5.41, 5.74) is 5.96. The lowest BCUT2D eigenvalue weighted by Crippen LogP contribution is -2.31. The molecule has 1 aromatic carbocycles. The minimum atomic E-state index is -0.155. The first kappa shape index (κ1) is 17.9. The second-order valence-electron chi connectivity index (χ2n) is 6.39. The lowest BCUT2D eigenvalue weighted by Gasteiger charge is -2.14. The van der Waals surface area contributed by atoms with Crippen LogP contribution in [0.1, 0.15) is 27.2 Å². The molecule has 1 amide bonds. The molecule has 0 saturated carbocycles. The SMILES string of the molecule is Cc1cc(C)c(Nc2ccnc(C(=O)NCCN(C)C)c2)c(C)c1. The first-order valence-corrected chi connectivity index (χ1v) is 8.10. The summed E-state index contributed by atoms with van der Waals surface area (Å²) in [6.07, 6.45) is 1.65. The van der Waals surface area contributed by atoms with Gasteiger partial charge in [-0.05, 0) is 58.1 Å². The van der Waals surface area contributed by atoms with Crippen molar-refractivity contribution in [2.45, 2.75) is 20.8 Å². The van der Waals surface area contributed by atoms with E-state index in [0.29, 0.717) is 12.2 Å². The highest BCUT2D eigenvalue weighted by molar-refractivity contribution is 5.93. The first-order chi connectivity index (χ1) is 11.4. The smallest absolute Gasteiger partial charge is 0.269 e. The molecular weight excluding hydrogens is 300 g/mol. The third kappa shape index (κ3) is 4.80. The molecule has 128 valence electrons. The van der Waals surface area contributed by atoms with Crippen molar-refractivity contribution < 1.29 is 4.79 Å². The fraction of sp³-hybridized carbons (Fsp3) is 0.368. The van der Waals surface area contributed by atoms with E-state index in [1.807, 2.05) is 25.1 Å². The van der Waals surface area contributed by atoms with Gasteiger partial charge in [0.25, 0.3) is 5.91 Å². The number of nitrogens with one attached hydrogen (secondary N) is 2. The number of hydrogen-bond acceptors (Lipinski definition) is 4.